The van der Waals surface area contributed by atoms with Crippen LogP contribution in [0, 0.1) is 0 Å². The maximum absolute atomic E-state index is 12.7. The standard InChI is InChI=1S/C22H23N3O4/c1-4-24-16-9-5-6-10-17(16)25(22(24)27)13-20(26)23-14(2)19-12-15-8-7-11-18(28-3)21(15)29-19/h5-12,14H,4,13H2,1-3H3,(H,23,26). The minimum atomic E-state index is -0.352. The fourth-order valence-corrected chi connectivity index (χ4v) is 3.66. The monoisotopic (exact) mass is 393 g/mol. The maximum atomic E-state index is 12.7. The number of fused-ring (bicyclic) bond motifs is 2. The van der Waals surface area contributed by atoms with Crippen LogP contribution in [0.15, 0.2) is 57.7 Å². The Morgan fingerprint density at radius 2 is 1.86 bits per heavy atom. The molecule has 29 heavy (non-hydrogen) atoms. The zero-order chi connectivity index (χ0) is 20.5. The predicted octanol–water partition coefficient (Wildman–Crippen LogP) is 3.46. The quantitative estimate of drug-likeness (QED) is 0.544. The lowest BCUT2D eigenvalue weighted by Crippen LogP contribution is -2.34. The highest BCUT2D eigenvalue weighted by Crippen LogP contribution is 2.30. The molecule has 0 radical (unpaired) electrons. The lowest BCUT2D eigenvalue weighted by atomic mass is 10.2. The number of furan rings is 1. The molecule has 2 aromatic carbocycles. The summed E-state index contributed by atoms with van der Waals surface area (Å²) in [4.78, 5) is 25.4. The number of ether oxygens (including phenoxy) is 1. The summed E-state index contributed by atoms with van der Waals surface area (Å²) in [6.07, 6.45) is 0. The van der Waals surface area contributed by atoms with Crippen LogP contribution in [0.4, 0.5) is 0 Å². The van der Waals surface area contributed by atoms with Gasteiger partial charge in [0.25, 0.3) is 0 Å². The zero-order valence-electron chi connectivity index (χ0n) is 16.6. The Hall–Kier alpha value is -3.48. The molecule has 0 aliphatic carbocycles. The van der Waals surface area contributed by atoms with Gasteiger partial charge in [-0.05, 0) is 38.1 Å². The SMILES string of the molecule is CCn1c(=O)n(CC(=O)NC(C)c2cc3cccc(OC)c3o2)c2ccccc21. The first-order valence-electron chi connectivity index (χ1n) is 9.57. The van der Waals surface area contributed by atoms with Gasteiger partial charge in [-0.25, -0.2) is 4.79 Å². The lowest BCUT2D eigenvalue weighted by molar-refractivity contribution is -0.122. The molecular formula is C22H23N3O4. The van der Waals surface area contributed by atoms with Crippen LogP contribution in [0.5, 0.6) is 5.75 Å². The second kappa shape index (κ2) is 7.50. The highest BCUT2D eigenvalue weighted by molar-refractivity contribution is 5.84. The van der Waals surface area contributed by atoms with Gasteiger partial charge in [-0.2, -0.15) is 0 Å². The van der Waals surface area contributed by atoms with Crippen molar-refractivity contribution in [2.24, 2.45) is 0 Å². The highest BCUT2D eigenvalue weighted by Gasteiger charge is 2.18. The van der Waals surface area contributed by atoms with Gasteiger partial charge in [-0.15, -0.1) is 0 Å². The molecule has 2 aromatic heterocycles. The molecular weight excluding hydrogens is 370 g/mol. The van der Waals surface area contributed by atoms with Crippen LogP contribution in [-0.2, 0) is 17.9 Å². The summed E-state index contributed by atoms with van der Waals surface area (Å²) in [7, 11) is 1.59. The average molecular weight is 393 g/mol. The third kappa shape index (κ3) is 3.29. The van der Waals surface area contributed by atoms with Gasteiger partial charge in [-0.3, -0.25) is 13.9 Å². The fourth-order valence-electron chi connectivity index (χ4n) is 3.66. The molecule has 0 spiro atoms. The summed E-state index contributed by atoms with van der Waals surface area (Å²) in [6.45, 7) is 4.25. The van der Waals surface area contributed by atoms with Crippen LogP contribution in [0.25, 0.3) is 22.0 Å². The molecule has 7 nitrogen and oxygen atoms in total. The van der Waals surface area contributed by atoms with E-state index in [1.54, 1.807) is 11.7 Å². The molecule has 1 atom stereocenters. The number of imidazole rings is 1. The van der Waals surface area contributed by atoms with E-state index >= 15 is 0 Å². The van der Waals surface area contributed by atoms with Crippen molar-refractivity contribution in [3.05, 3.63) is 64.8 Å². The molecule has 0 bridgehead atoms. The van der Waals surface area contributed by atoms with Crippen LogP contribution < -0.4 is 15.7 Å². The van der Waals surface area contributed by atoms with Crippen molar-refractivity contribution < 1.29 is 13.9 Å². The second-order valence-electron chi connectivity index (χ2n) is 6.92. The van der Waals surface area contributed by atoms with E-state index in [1.165, 1.54) is 4.57 Å². The Morgan fingerprint density at radius 3 is 2.55 bits per heavy atom. The number of aryl methyl sites for hydroxylation is 1. The summed E-state index contributed by atoms with van der Waals surface area (Å²) in [5, 5.41) is 3.83. The van der Waals surface area contributed by atoms with Crippen molar-refractivity contribution in [2.75, 3.05) is 7.11 Å². The molecule has 1 amide bonds. The normalized spacial score (nSPS) is 12.4. The number of para-hydroxylation sites is 3. The molecule has 0 fully saturated rings. The molecule has 0 saturated heterocycles. The Kier molecular flexibility index (Phi) is 4.88. The Balaban J connectivity index is 1.57. The topological polar surface area (TPSA) is 78.4 Å². The Bertz CT molecular complexity index is 1250. The van der Waals surface area contributed by atoms with Crippen molar-refractivity contribution in [1.29, 1.82) is 0 Å². The lowest BCUT2D eigenvalue weighted by Gasteiger charge is -2.12. The molecule has 0 saturated carbocycles. The van der Waals surface area contributed by atoms with E-state index in [-0.39, 0.29) is 24.2 Å². The van der Waals surface area contributed by atoms with Crippen molar-refractivity contribution in [1.82, 2.24) is 14.5 Å². The van der Waals surface area contributed by atoms with Crippen molar-refractivity contribution in [2.45, 2.75) is 33.0 Å². The van der Waals surface area contributed by atoms with Gasteiger partial charge in [0.2, 0.25) is 5.91 Å². The van der Waals surface area contributed by atoms with Gasteiger partial charge in [0.1, 0.15) is 12.3 Å². The van der Waals surface area contributed by atoms with Crippen molar-refractivity contribution >= 4 is 27.9 Å². The highest BCUT2D eigenvalue weighted by atomic mass is 16.5. The van der Waals surface area contributed by atoms with E-state index in [4.69, 9.17) is 9.15 Å². The molecule has 2 heterocycles. The summed E-state index contributed by atoms with van der Waals surface area (Å²) in [5.74, 6) is 1.01. The Labute approximate surface area is 167 Å². The Morgan fingerprint density at radius 1 is 1.14 bits per heavy atom. The number of carbonyl (C=O) groups is 1. The number of aromatic nitrogens is 2. The molecule has 4 aromatic rings. The van der Waals surface area contributed by atoms with Gasteiger partial charge >= 0.3 is 5.69 Å². The molecule has 0 aliphatic rings. The van der Waals surface area contributed by atoms with E-state index in [9.17, 15) is 9.59 Å². The van der Waals surface area contributed by atoms with Gasteiger partial charge in [0, 0.05) is 11.9 Å². The van der Waals surface area contributed by atoms with Crippen molar-refractivity contribution in [3.63, 3.8) is 0 Å². The zero-order valence-corrected chi connectivity index (χ0v) is 16.6. The number of amides is 1. The molecule has 4 rings (SSSR count). The molecule has 1 N–H and O–H groups in total. The summed E-state index contributed by atoms with van der Waals surface area (Å²) in [6, 6.07) is 14.7. The number of carbonyl (C=O) groups excluding carboxylic acids is 1. The number of nitrogens with one attached hydrogen (secondary N) is 1. The van der Waals surface area contributed by atoms with Gasteiger partial charge in [0.15, 0.2) is 11.3 Å². The van der Waals surface area contributed by atoms with Gasteiger partial charge in [0.05, 0.1) is 24.2 Å². The summed E-state index contributed by atoms with van der Waals surface area (Å²) in [5.41, 5.74) is 2.03. The molecule has 150 valence electrons. The van der Waals surface area contributed by atoms with Gasteiger partial charge in [-0.1, -0.05) is 24.3 Å². The second-order valence-corrected chi connectivity index (χ2v) is 6.92. The van der Waals surface area contributed by atoms with Crippen LogP contribution >= 0.6 is 0 Å². The first kappa shape index (κ1) is 18.9. The number of hydrogen-bond donors (Lipinski definition) is 1. The molecule has 7 heteroatoms. The van der Waals surface area contributed by atoms with E-state index in [2.05, 4.69) is 5.32 Å². The number of nitrogens with zero attached hydrogens (tertiary/aromatic N) is 2. The van der Waals surface area contributed by atoms with E-state index in [1.807, 2.05) is 62.4 Å². The predicted molar refractivity (Wildman–Crippen MR) is 111 cm³/mol. The van der Waals surface area contributed by atoms with E-state index in [0.717, 1.165) is 16.4 Å². The van der Waals surface area contributed by atoms with Crippen LogP contribution in [0.3, 0.4) is 0 Å². The van der Waals surface area contributed by atoms with Gasteiger partial charge < -0.3 is 14.5 Å². The minimum Gasteiger partial charge on any atom is -0.493 e. The number of rotatable bonds is 6. The number of benzene rings is 2. The van der Waals surface area contributed by atoms with Crippen LogP contribution in [-0.4, -0.2) is 22.2 Å². The minimum absolute atomic E-state index is 0.0553. The van der Waals surface area contributed by atoms with Crippen LogP contribution in [0.2, 0.25) is 0 Å². The smallest absolute Gasteiger partial charge is 0.329 e. The van der Waals surface area contributed by atoms with Crippen molar-refractivity contribution in [3.8, 4) is 5.75 Å². The van der Waals surface area contributed by atoms with E-state index < -0.39 is 0 Å². The summed E-state index contributed by atoms with van der Waals surface area (Å²) >= 11 is 0. The first-order valence-corrected chi connectivity index (χ1v) is 9.57. The fraction of sp³-hybridized carbons (Fsp3) is 0.273. The number of methoxy groups -OCH3 is 1. The maximum Gasteiger partial charge on any atom is 0.329 e. The third-order valence-electron chi connectivity index (χ3n) is 5.09. The van der Waals surface area contributed by atoms with E-state index in [0.29, 0.717) is 23.6 Å². The third-order valence-corrected chi connectivity index (χ3v) is 5.09. The molecule has 0 aliphatic heterocycles. The summed E-state index contributed by atoms with van der Waals surface area (Å²) < 4.78 is 14.4. The number of hydrogen-bond acceptors (Lipinski definition) is 4. The first-order chi connectivity index (χ1) is 14.0. The van der Waals surface area contributed by atoms with Crippen LogP contribution in [0.1, 0.15) is 25.6 Å². The average Bonchev–Trinajstić information content (AvgIpc) is 3.27. The molecule has 1 unspecified atom stereocenters. The largest absolute Gasteiger partial charge is 0.493 e.